The van der Waals surface area contributed by atoms with E-state index in [9.17, 15) is 4.79 Å². The molecule has 0 bridgehead atoms. The van der Waals surface area contributed by atoms with E-state index < -0.39 is 17.2 Å². The molecule has 0 fully saturated rings. The van der Waals surface area contributed by atoms with Gasteiger partial charge < -0.3 is 9.57 Å². The summed E-state index contributed by atoms with van der Waals surface area (Å²) in [5.41, 5.74) is 1.09. The Morgan fingerprint density at radius 3 is 1.45 bits per heavy atom. The molecule has 0 saturated carbocycles. The second-order valence-corrected chi connectivity index (χ2v) is 7.64. The van der Waals surface area contributed by atoms with Gasteiger partial charge in [0.1, 0.15) is 5.60 Å². The summed E-state index contributed by atoms with van der Waals surface area (Å²) in [5, 5.41) is 4.06. The minimum Gasteiger partial charge on any atom is -0.456 e. The molecule has 0 heterocycles. The first kappa shape index (κ1) is 20.3. The van der Waals surface area contributed by atoms with Crippen molar-refractivity contribution >= 4 is 12.2 Å². The van der Waals surface area contributed by atoms with Crippen molar-refractivity contribution in [2.75, 3.05) is 0 Å². The highest BCUT2D eigenvalue weighted by molar-refractivity contribution is 6.23. The summed E-state index contributed by atoms with van der Waals surface area (Å²) >= 11 is 0. The number of benzene rings is 3. The molecule has 3 aromatic rings. The molecule has 0 radical (unpaired) electrons. The van der Waals surface area contributed by atoms with Gasteiger partial charge >= 0.3 is 5.97 Å². The number of carbonyl (C=O) groups is 1. The number of hydrogen-bond acceptors (Lipinski definition) is 4. The van der Waals surface area contributed by atoms with Crippen molar-refractivity contribution in [2.24, 2.45) is 5.16 Å². The average molecular weight is 387 g/mol. The Kier molecular flexibility index (Phi) is 6.13. The number of nitrogens with zero attached hydrogens (tertiary/aromatic N) is 1. The molecule has 0 aromatic heterocycles. The Labute approximate surface area is 171 Å². The summed E-state index contributed by atoms with van der Waals surface area (Å²) in [6.45, 7) is 5.42. The second-order valence-electron chi connectivity index (χ2n) is 7.64. The molecular formula is C25H25NO3. The zero-order valence-corrected chi connectivity index (χ0v) is 16.9. The smallest absolute Gasteiger partial charge is 0.353 e. The van der Waals surface area contributed by atoms with E-state index in [-0.39, 0.29) is 0 Å². The third-order valence-corrected chi connectivity index (χ3v) is 4.30. The monoisotopic (exact) mass is 387 g/mol. The van der Waals surface area contributed by atoms with Gasteiger partial charge in [0.05, 0.1) is 0 Å². The summed E-state index contributed by atoms with van der Waals surface area (Å²) < 4.78 is 5.30. The van der Waals surface area contributed by atoms with Crippen LogP contribution in [0.25, 0.3) is 0 Å². The van der Waals surface area contributed by atoms with Crippen LogP contribution in [-0.2, 0) is 20.0 Å². The lowest BCUT2D eigenvalue weighted by molar-refractivity contribution is -0.145. The van der Waals surface area contributed by atoms with Crippen molar-refractivity contribution in [3.63, 3.8) is 0 Å². The van der Waals surface area contributed by atoms with Crippen molar-refractivity contribution in [3.05, 3.63) is 108 Å². The molecule has 0 saturated heterocycles. The van der Waals surface area contributed by atoms with Crippen molar-refractivity contribution in [2.45, 2.75) is 32.0 Å². The molecule has 0 aliphatic heterocycles. The van der Waals surface area contributed by atoms with E-state index in [1.54, 1.807) is 0 Å². The lowest BCUT2D eigenvalue weighted by Crippen LogP contribution is -2.31. The van der Waals surface area contributed by atoms with Gasteiger partial charge in [-0.1, -0.05) is 96.2 Å². The maximum atomic E-state index is 12.1. The van der Waals surface area contributed by atoms with Crippen LogP contribution in [0.1, 0.15) is 37.5 Å². The van der Waals surface area contributed by atoms with E-state index in [2.05, 4.69) is 5.16 Å². The highest BCUT2D eigenvalue weighted by atomic mass is 16.7. The van der Waals surface area contributed by atoms with Crippen molar-refractivity contribution < 1.29 is 14.4 Å². The molecule has 4 nitrogen and oxygen atoms in total. The topological polar surface area (TPSA) is 47.9 Å². The molecule has 3 aromatic carbocycles. The molecule has 4 heteroatoms. The minimum absolute atomic E-state index is 0.555. The number of rotatable bonds is 6. The lowest BCUT2D eigenvalue weighted by Gasteiger charge is -2.33. The van der Waals surface area contributed by atoms with Gasteiger partial charge in [0.25, 0.3) is 0 Å². The standard InChI is InChI=1S/C25H25NO3/c1-24(2,3)28-23(27)19-26-29-25(20-13-7-4-8-14-20,21-15-9-5-10-16-21)22-17-11-6-12-18-22/h4-19H,1-3H3/b26-19+. The average Bonchev–Trinajstić information content (AvgIpc) is 2.72. The van der Waals surface area contributed by atoms with Crippen LogP contribution in [0, 0.1) is 0 Å². The normalized spacial score (nSPS) is 12.0. The first-order valence-corrected chi connectivity index (χ1v) is 9.53. The van der Waals surface area contributed by atoms with Crippen molar-refractivity contribution in [1.82, 2.24) is 0 Å². The van der Waals surface area contributed by atoms with Crippen LogP contribution in [0.3, 0.4) is 0 Å². The Morgan fingerprint density at radius 2 is 1.10 bits per heavy atom. The van der Waals surface area contributed by atoms with Crippen LogP contribution in [0.5, 0.6) is 0 Å². The predicted octanol–water partition coefficient (Wildman–Crippen LogP) is 5.32. The predicted molar refractivity (Wildman–Crippen MR) is 115 cm³/mol. The Balaban J connectivity index is 2.09. The fraction of sp³-hybridized carbons (Fsp3) is 0.200. The number of hydrogen-bond donors (Lipinski definition) is 0. The number of esters is 1. The van der Waals surface area contributed by atoms with Gasteiger partial charge in [-0.25, -0.2) is 4.79 Å². The fourth-order valence-electron chi connectivity index (χ4n) is 3.15. The molecule has 0 unspecified atom stereocenters. The van der Waals surface area contributed by atoms with Gasteiger partial charge in [0.15, 0.2) is 6.21 Å². The molecule has 0 N–H and O–H groups in total. The van der Waals surface area contributed by atoms with E-state index in [1.165, 1.54) is 0 Å². The summed E-state index contributed by atoms with van der Waals surface area (Å²) in [6.07, 6.45) is 1.08. The van der Waals surface area contributed by atoms with Gasteiger partial charge in [0, 0.05) is 16.7 Å². The largest absolute Gasteiger partial charge is 0.456 e. The van der Waals surface area contributed by atoms with E-state index in [0.717, 1.165) is 22.9 Å². The summed E-state index contributed by atoms with van der Waals surface area (Å²) in [4.78, 5) is 18.2. The molecule has 3 rings (SSSR count). The van der Waals surface area contributed by atoms with Crippen LogP contribution < -0.4 is 0 Å². The van der Waals surface area contributed by atoms with Crippen LogP contribution in [0.2, 0.25) is 0 Å². The van der Waals surface area contributed by atoms with Gasteiger partial charge in [-0.15, -0.1) is 0 Å². The van der Waals surface area contributed by atoms with Gasteiger partial charge in [-0.3, -0.25) is 0 Å². The van der Waals surface area contributed by atoms with E-state index >= 15 is 0 Å². The molecule has 0 amide bonds. The molecule has 148 valence electrons. The summed E-state index contributed by atoms with van der Waals surface area (Å²) in [6, 6.07) is 29.5. The van der Waals surface area contributed by atoms with E-state index in [1.807, 2.05) is 112 Å². The SMILES string of the molecule is CC(C)(C)OC(=O)/C=N/OC(c1ccccc1)(c1ccccc1)c1ccccc1. The van der Waals surface area contributed by atoms with E-state index in [0.29, 0.717) is 0 Å². The molecule has 0 atom stereocenters. The van der Waals surface area contributed by atoms with Crippen LogP contribution >= 0.6 is 0 Å². The molecule has 0 spiro atoms. The Hall–Kier alpha value is -3.40. The Morgan fingerprint density at radius 1 is 0.724 bits per heavy atom. The number of carbonyl (C=O) groups excluding carboxylic acids is 1. The van der Waals surface area contributed by atoms with Gasteiger partial charge in [-0.05, 0) is 20.8 Å². The van der Waals surface area contributed by atoms with Crippen LogP contribution in [0.15, 0.2) is 96.2 Å². The number of oxime groups is 1. The highest BCUT2D eigenvalue weighted by Crippen LogP contribution is 2.40. The first-order chi connectivity index (χ1) is 13.9. The molecule has 29 heavy (non-hydrogen) atoms. The maximum absolute atomic E-state index is 12.1. The van der Waals surface area contributed by atoms with Gasteiger partial charge in [-0.2, -0.15) is 0 Å². The number of ether oxygens (including phenoxy) is 1. The van der Waals surface area contributed by atoms with E-state index in [4.69, 9.17) is 9.57 Å². The third kappa shape index (κ3) is 4.91. The maximum Gasteiger partial charge on any atom is 0.353 e. The van der Waals surface area contributed by atoms with Crippen LogP contribution in [-0.4, -0.2) is 17.8 Å². The Bertz CT molecular complexity index is 849. The molecular weight excluding hydrogens is 362 g/mol. The fourth-order valence-corrected chi connectivity index (χ4v) is 3.15. The third-order valence-electron chi connectivity index (χ3n) is 4.30. The van der Waals surface area contributed by atoms with Crippen molar-refractivity contribution in [1.29, 1.82) is 0 Å². The minimum atomic E-state index is -1.01. The summed E-state index contributed by atoms with van der Waals surface area (Å²) in [5.74, 6) is -0.555. The van der Waals surface area contributed by atoms with Crippen molar-refractivity contribution in [3.8, 4) is 0 Å². The zero-order valence-electron chi connectivity index (χ0n) is 16.9. The molecule has 0 aliphatic carbocycles. The zero-order chi connectivity index (χ0) is 20.7. The van der Waals surface area contributed by atoms with Crippen LogP contribution in [0.4, 0.5) is 0 Å². The summed E-state index contributed by atoms with van der Waals surface area (Å²) in [7, 11) is 0. The first-order valence-electron chi connectivity index (χ1n) is 9.53. The quantitative estimate of drug-likeness (QED) is 0.249. The molecule has 0 aliphatic rings. The lowest BCUT2D eigenvalue weighted by atomic mass is 9.80. The van der Waals surface area contributed by atoms with Gasteiger partial charge in [0.2, 0.25) is 5.60 Å². The second kappa shape index (κ2) is 8.74. The highest BCUT2D eigenvalue weighted by Gasteiger charge is 2.39.